The summed E-state index contributed by atoms with van der Waals surface area (Å²) < 4.78 is 3.94. The summed E-state index contributed by atoms with van der Waals surface area (Å²) >= 11 is 0. The molecule has 2 aromatic carbocycles. The molecule has 0 aliphatic heterocycles. The molecule has 2 heterocycles. The minimum Gasteiger partial charge on any atom is -0.306 e. The predicted molar refractivity (Wildman–Crippen MR) is 117 cm³/mol. The van der Waals surface area contributed by atoms with E-state index in [0.717, 1.165) is 23.6 Å². The van der Waals surface area contributed by atoms with Crippen molar-refractivity contribution in [2.75, 3.05) is 0 Å². The Kier molecular flexibility index (Phi) is 5.32. The Hall–Kier alpha value is -3.18. The van der Waals surface area contributed by atoms with Crippen molar-refractivity contribution in [3.8, 4) is 11.4 Å². The third-order valence-electron chi connectivity index (χ3n) is 5.45. The molecule has 0 saturated heterocycles. The average Bonchev–Trinajstić information content (AvgIpc) is 3.37. The van der Waals surface area contributed by atoms with Gasteiger partial charge in [-0.15, -0.1) is 0 Å². The van der Waals surface area contributed by atoms with Crippen LogP contribution in [0.15, 0.2) is 67.1 Å². The normalized spacial score (nSPS) is 12.3. The van der Waals surface area contributed by atoms with Crippen LogP contribution in [0.5, 0.6) is 0 Å². The van der Waals surface area contributed by atoms with E-state index in [-0.39, 0.29) is 6.04 Å². The van der Waals surface area contributed by atoms with Crippen molar-refractivity contribution in [1.82, 2.24) is 24.9 Å². The molecule has 2 aromatic heterocycles. The van der Waals surface area contributed by atoms with Gasteiger partial charge in [0.15, 0.2) is 0 Å². The summed E-state index contributed by atoms with van der Waals surface area (Å²) in [6.07, 6.45) is 5.78. The van der Waals surface area contributed by atoms with Gasteiger partial charge in [0.2, 0.25) is 0 Å². The van der Waals surface area contributed by atoms with Gasteiger partial charge >= 0.3 is 0 Å². The summed E-state index contributed by atoms with van der Waals surface area (Å²) in [6, 6.07) is 16.8. The van der Waals surface area contributed by atoms with E-state index in [0.29, 0.717) is 0 Å². The zero-order valence-electron chi connectivity index (χ0n) is 17.4. The molecule has 0 aliphatic rings. The van der Waals surface area contributed by atoms with E-state index in [1.807, 2.05) is 52.2 Å². The van der Waals surface area contributed by atoms with Crippen LogP contribution in [-0.2, 0) is 6.54 Å². The summed E-state index contributed by atoms with van der Waals surface area (Å²) in [6.45, 7) is 9.37. The highest BCUT2D eigenvalue weighted by molar-refractivity contribution is 5.48. The lowest BCUT2D eigenvalue weighted by Crippen LogP contribution is -2.20. The fourth-order valence-electron chi connectivity index (χ4n) is 3.86. The number of hydrogen-bond donors (Lipinski definition) is 1. The van der Waals surface area contributed by atoms with Crippen LogP contribution < -0.4 is 5.32 Å². The lowest BCUT2D eigenvalue weighted by Gasteiger charge is -2.18. The van der Waals surface area contributed by atoms with Crippen molar-refractivity contribution in [2.24, 2.45) is 0 Å². The van der Waals surface area contributed by atoms with E-state index < -0.39 is 0 Å². The monoisotopic (exact) mass is 385 g/mol. The lowest BCUT2D eigenvalue weighted by molar-refractivity contribution is 0.568. The second-order valence-electron chi connectivity index (χ2n) is 7.57. The summed E-state index contributed by atoms with van der Waals surface area (Å²) in [4.78, 5) is 0. The van der Waals surface area contributed by atoms with E-state index in [1.54, 1.807) is 0 Å². The summed E-state index contributed by atoms with van der Waals surface area (Å²) in [5, 5.41) is 12.7. The van der Waals surface area contributed by atoms with Gasteiger partial charge in [-0.25, -0.2) is 9.36 Å². The lowest BCUT2D eigenvalue weighted by atomic mass is 10.0. The Morgan fingerprint density at radius 2 is 1.79 bits per heavy atom. The van der Waals surface area contributed by atoms with E-state index in [1.165, 1.54) is 22.3 Å². The third kappa shape index (κ3) is 3.87. The molecule has 5 nitrogen and oxygen atoms in total. The second-order valence-corrected chi connectivity index (χ2v) is 7.57. The molecule has 0 spiro atoms. The molecule has 0 aliphatic carbocycles. The van der Waals surface area contributed by atoms with Crippen molar-refractivity contribution in [3.05, 3.63) is 95.1 Å². The number of nitrogens with zero attached hydrogens (tertiary/aromatic N) is 4. The van der Waals surface area contributed by atoms with Crippen LogP contribution in [0.2, 0.25) is 0 Å². The van der Waals surface area contributed by atoms with Gasteiger partial charge in [-0.2, -0.15) is 10.2 Å². The van der Waals surface area contributed by atoms with Crippen LogP contribution in [0, 0.1) is 20.8 Å². The first-order chi connectivity index (χ1) is 14.0. The summed E-state index contributed by atoms with van der Waals surface area (Å²) in [7, 11) is 0. The molecule has 0 amide bonds. The molecule has 0 saturated carbocycles. The highest BCUT2D eigenvalue weighted by Gasteiger charge is 2.16. The van der Waals surface area contributed by atoms with Crippen LogP contribution in [0.1, 0.15) is 40.9 Å². The zero-order valence-corrected chi connectivity index (χ0v) is 17.4. The van der Waals surface area contributed by atoms with Gasteiger partial charge in [0.25, 0.3) is 0 Å². The SMILES string of the molecule is Cc1cc(C)c(CNC(C)c2cnn(-c3ccccc3)c2C)c(-n2cccn2)c1. The van der Waals surface area contributed by atoms with Crippen molar-refractivity contribution >= 4 is 0 Å². The number of benzene rings is 2. The van der Waals surface area contributed by atoms with Gasteiger partial charge in [0.1, 0.15) is 0 Å². The largest absolute Gasteiger partial charge is 0.306 e. The second kappa shape index (κ2) is 8.05. The van der Waals surface area contributed by atoms with E-state index >= 15 is 0 Å². The molecule has 1 N–H and O–H groups in total. The Balaban J connectivity index is 1.57. The first-order valence-corrected chi connectivity index (χ1v) is 9.98. The average molecular weight is 386 g/mol. The number of nitrogens with one attached hydrogen (secondary N) is 1. The maximum Gasteiger partial charge on any atom is 0.0695 e. The van der Waals surface area contributed by atoms with Gasteiger partial charge < -0.3 is 5.32 Å². The maximum absolute atomic E-state index is 4.61. The molecular weight excluding hydrogens is 358 g/mol. The molecular formula is C24H27N5. The Morgan fingerprint density at radius 1 is 1.00 bits per heavy atom. The molecule has 4 aromatic rings. The maximum atomic E-state index is 4.61. The van der Waals surface area contributed by atoms with E-state index in [9.17, 15) is 0 Å². The van der Waals surface area contributed by atoms with Crippen LogP contribution in [-0.4, -0.2) is 19.6 Å². The number of aryl methyl sites for hydroxylation is 2. The molecule has 148 valence electrons. The van der Waals surface area contributed by atoms with Crippen LogP contribution in [0.3, 0.4) is 0 Å². The molecule has 0 radical (unpaired) electrons. The Labute approximate surface area is 172 Å². The zero-order chi connectivity index (χ0) is 20.4. The third-order valence-corrected chi connectivity index (χ3v) is 5.45. The molecule has 0 fully saturated rings. The highest BCUT2D eigenvalue weighted by atomic mass is 15.3. The fraction of sp³-hybridized carbons (Fsp3) is 0.250. The standard InChI is InChI=1S/C24H27N5/c1-17-13-18(2)22(24(14-17)28-12-8-11-26-28)15-25-19(3)23-16-27-29(20(23)4)21-9-6-5-7-10-21/h5-14,16,19,25H,15H2,1-4H3. The number of aromatic nitrogens is 4. The van der Waals surface area contributed by atoms with Gasteiger partial charge in [-0.05, 0) is 68.7 Å². The molecule has 29 heavy (non-hydrogen) atoms. The van der Waals surface area contributed by atoms with Gasteiger partial charge in [0, 0.05) is 36.2 Å². The van der Waals surface area contributed by atoms with Crippen molar-refractivity contribution in [3.63, 3.8) is 0 Å². The van der Waals surface area contributed by atoms with Crippen LogP contribution in [0.4, 0.5) is 0 Å². The number of rotatable bonds is 6. The van der Waals surface area contributed by atoms with Crippen molar-refractivity contribution < 1.29 is 0 Å². The highest BCUT2D eigenvalue weighted by Crippen LogP contribution is 2.24. The first-order valence-electron chi connectivity index (χ1n) is 9.98. The Bertz CT molecular complexity index is 1090. The van der Waals surface area contributed by atoms with Crippen LogP contribution >= 0.6 is 0 Å². The van der Waals surface area contributed by atoms with Crippen LogP contribution in [0.25, 0.3) is 11.4 Å². The number of hydrogen-bond acceptors (Lipinski definition) is 3. The van der Waals surface area contributed by atoms with Crippen molar-refractivity contribution in [1.29, 1.82) is 0 Å². The molecule has 1 atom stereocenters. The molecule has 5 heteroatoms. The molecule has 4 rings (SSSR count). The minimum absolute atomic E-state index is 0.179. The van der Waals surface area contributed by atoms with Gasteiger partial charge in [-0.3, -0.25) is 0 Å². The van der Waals surface area contributed by atoms with Crippen molar-refractivity contribution in [2.45, 2.75) is 40.3 Å². The molecule has 1 unspecified atom stereocenters. The topological polar surface area (TPSA) is 47.7 Å². The smallest absolute Gasteiger partial charge is 0.0695 e. The molecule has 0 bridgehead atoms. The first kappa shape index (κ1) is 19.2. The Morgan fingerprint density at radius 3 is 2.52 bits per heavy atom. The van der Waals surface area contributed by atoms with Gasteiger partial charge in [-0.1, -0.05) is 24.3 Å². The van der Waals surface area contributed by atoms with E-state index in [2.05, 4.69) is 67.5 Å². The fourth-order valence-corrected chi connectivity index (χ4v) is 3.86. The number of para-hydroxylation sites is 1. The van der Waals surface area contributed by atoms with Gasteiger partial charge in [0.05, 0.1) is 17.6 Å². The predicted octanol–water partition coefficient (Wildman–Crippen LogP) is 4.83. The minimum atomic E-state index is 0.179. The quantitative estimate of drug-likeness (QED) is 0.517. The summed E-state index contributed by atoms with van der Waals surface area (Å²) in [5.74, 6) is 0. The van der Waals surface area contributed by atoms with E-state index in [4.69, 9.17) is 0 Å². The summed E-state index contributed by atoms with van der Waals surface area (Å²) in [5.41, 5.74) is 8.35.